The highest BCUT2D eigenvalue weighted by atomic mass is 35.5. The van der Waals surface area contributed by atoms with Crippen molar-refractivity contribution in [3.05, 3.63) is 35.6 Å². The first kappa shape index (κ1) is 9.07. The van der Waals surface area contributed by atoms with Gasteiger partial charge in [0.2, 0.25) is 0 Å². The van der Waals surface area contributed by atoms with E-state index in [9.17, 15) is 0 Å². The second-order valence-corrected chi connectivity index (χ2v) is 2.76. The van der Waals surface area contributed by atoms with Crippen LogP contribution in [0.5, 0.6) is 5.75 Å². The summed E-state index contributed by atoms with van der Waals surface area (Å²) < 4.78 is 5.25. The molecule has 0 aliphatic carbocycles. The molecule has 1 heterocycles. The fourth-order valence-electron chi connectivity index (χ4n) is 0.776. The number of nitrogens with zero attached hydrogens (tertiary/aromatic N) is 1. The summed E-state index contributed by atoms with van der Waals surface area (Å²) >= 11 is 5.76. The fourth-order valence-corrected chi connectivity index (χ4v) is 0.934. The van der Waals surface area contributed by atoms with Crippen LogP contribution in [0.15, 0.2) is 24.9 Å². The van der Waals surface area contributed by atoms with Crippen LogP contribution in [-0.4, -0.2) is 11.6 Å². The second kappa shape index (κ2) is 4.12. The van der Waals surface area contributed by atoms with Crippen LogP contribution in [0, 0.1) is 6.92 Å². The lowest BCUT2D eigenvalue weighted by Crippen LogP contribution is -1.95. The molecular weight excluding hydrogens is 174 g/mol. The Morgan fingerprint density at radius 1 is 1.75 bits per heavy atom. The number of hydrogen-bond donors (Lipinski definition) is 0. The fraction of sp³-hybridized carbons (Fsp3) is 0.222. The number of pyridine rings is 1. The monoisotopic (exact) mass is 183 g/mol. The maximum absolute atomic E-state index is 5.76. The molecule has 1 aromatic rings. The minimum Gasteiger partial charge on any atom is -0.486 e. The van der Waals surface area contributed by atoms with E-state index in [1.807, 2.05) is 13.0 Å². The zero-order valence-electron chi connectivity index (χ0n) is 6.88. The SMILES string of the molecule is C=CCOc1cc(C)cnc1Cl. The van der Waals surface area contributed by atoms with Gasteiger partial charge < -0.3 is 4.74 Å². The van der Waals surface area contributed by atoms with Crippen LogP contribution in [0.3, 0.4) is 0 Å². The summed E-state index contributed by atoms with van der Waals surface area (Å²) in [5.74, 6) is 0.608. The quantitative estimate of drug-likeness (QED) is 0.531. The molecule has 0 saturated carbocycles. The maximum Gasteiger partial charge on any atom is 0.171 e. The largest absolute Gasteiger partial charge is 0.486 e. The van der Waals surface area contributed by atoms with E-state index in [-0.39, 0.29) is 0 Å². The number of aryl methyl sites for hydroxylation is 1. The van der Waals surface area contributed by atoms with Crippen LogP contribution in [0.2, 0.25) is 5.15 Å². The number of halogens is 1. The Morgan fingerprint density at radius 3 is 3.17 bits per heavy atom. The highest BCUT2D eigenvalue weighted by Gasteiger charge is 2.00. The van der Waals surface area contributed by atoms with Gasteiger partial charge in [0.15, 0.2) is 10.9 Å². The molecule has 0 fully saturated rings. The summed E-state index contributed by atoms with van der Waals surface area (Å²) in [6.07, 6.45) is 3.36. The first-order valence-corrected chi connectivity index (χ1v) is 3.97. The summed E-state index contributed by atoms with van der Waals surface area (Å²) in [4.78, 5) is 3.94. The van der Waals surface area contributed by atoms with Gasteiger partial charge in [-0.15, -0.1) is 0 Å². The number of aromatic nitrogens is 1. The Hall–Kier alpha value is -1.02. The normalized spacial score (nSPS) is 9.50. The zero-order chi connectivity index (χ0) is 8.97. The molecule has 2 nitrogen and oxygen atoms in total. The van der Waals surface area contributed by atoms with Gasteiger partial charge >= 0.3 is 0 Å². The lowest BCUT2D eigenvalue weighted by molar-refractivity contribution is 0.361. The Kier molecular flexibility index (Phi) is 3.11. The van der Waals surface area contributed by atoms with Crippen LogP contribution in [0.4, 0.5) is 0 Å². The third-order valence-electron chi connectivity index (χ3n) is 1.30. The Labute approximate surface area is 76.8 Å². The van der Waals surface area contributed by atoms with Crippen LogP contribution in [-0.2, 0) is 0 Å². The summed E-state index contributed by atoms with van der Waals surface area (Å²) in [5.41, 5.74) is 1.03. The van der Waals surface area contributed by atoms with Gasteiger partial charge in [-0.2, -0.15) is 0 Å². The van der Waals surface area contributed by atoms with E-state index >= 15 is 0 Å². The first-order chi connectivity index (χ1) is 5.74. The minimum atomic E-state index is 0.391. The zero-order valence-corrected chi connectivity index (χ0v) is 7.64. The lowest BCUT2D eigenvalue weighted by Gasteiger charge is -2.04. The van der Waals surface area contributed by atoms with Gasteiger partial charge in [-0.1, -0.05) is 24.3 Å². The number of ether oxygens (including phenoxy) is 1. The molecule has 1 aromatic heterocycles. The number of hydrogen-bond acceptors (Lipinski definition) is 2. The molecule has 12 heavy (non-hydrogen) atoms. The molecule has 64 valence electrons. The molecule has 0 bridgehead atoms. The molecule has 0 amide bonds. The molecule has 3 heteroatoms. The summed E-state index contributed by atoms with van der Waals surface area (Å²) in [5, 5.41) is 0.391. The van der Waals surface area contributed by atoms with Gasteiger partial charge in [-0.05, 0) is 18.6 Å². The molecule has 0 aromatic carbocycles. The van der Waals surface area contributed by atoms with Crippen molar-refractivity contribution in [3.63, 3.8) is 0 Å². The minimum absolute atomic E-state index is 0.391. The van der Waals surface area contributed by atoms with Gasteiger partial charge in [0.05, 0.1) is 0 Å². The van der Waals surface area contributed by atoms with E-state index < -0.39 is 0 Å². The average Bonchev–Trinajstić information content (AvgIpc) is 2.07. The van der Waals surface area contributed by atoms with E-state index in [1.165, 1.54) is 0 Å². The van der Waals surface area contributed by atoms with Gasteiger partial charge in [-0.25, -0.2) is 4.98 Å². The van der Waals surface area contributed by atoms with Crippen molar-refractivity contribution in [3.8, 4) is 5.75 Å². The van der Waals surface area contributed by atoms with Gasteiger partial charge in [-0.3, -0.25) is 0 Å². The predicted molar refractivity (Wildman–Crippen MR) is 49.7 cm³/mol. The first-order valence-electron chi connectivity index (χ1n) is 3.60. The van der Waals surface area contributed by atoms with E-state index in [1.54, 1.807) is 12.3 Å². The Bertz CT molecular complexity index is 286. The Morgan fingerprint density at radius 2 is 2.50 bits per heavy atom. The van der Waals surface area contributed by atoms with Crippen molar-refractivity contribution >= 4 is 11.6 Å². The van der Waals surface area contributed by atoms with Crippen LogP contribution in [0.1, 0.15) is 5.56 Å². The topological polar surface area (TPSA) is 22.1 Å². The van der Waals surface area contributed by atoms with Crippen molar-refractivity contribution in [2.24, 2.45) is 0 Å². The highest BCUT2D eigenvalue weighted by molar-refractivity contribution is 6.30. The van der Waals surface area contributed by atoms with Crippen molar-refractivity contribution in [1.82, 2.24) is 4.98 Å². The van der Waals surface area contributed by atoms with Crippen molar-refractivity contribution in [2.75, 3.05) is 6.61 Å². The molecule has 0 aliphatic heterocycles. The maximum atomic E-state index is 5.76. The smallest absolute Gasteiger partial charge is 0.171 e. The van der Waals surface area contributed by atoms with Gasteiger partial charge in [0, 0.05) is 6.20 Å². The number of rotatable bonds is 3. The summed E-state index contributed by atoms with van der Waals surface area (Å²) in [7, 11) is 0. The molecule has 0 aliphatic rings. The van der Waals surface area contributed by atoms with Crippen molar-refractivity contribution in [2.45, 2.75) is 6.92 Å². The predicted octanol–water partition coefficient (Wildman–Crippen LogP) is 2.61. The van der Waals surface area contributed by atoms with E-state index in [0.717, 1.165) is 5.56 Å². The molecule has 0 N–H and O–H groups in total. The van der Waals surface area contributed by atoms with Gasteiger partial charge in [0.25, 0.3) is 0 Å². The third kappa shape index (κ3) is 2.24. The van der Waals surface area contributed by atoms with E-state index in [4.69, 9.17) is 16.3 Å². The molecule has 0 atom stereocenters. The van der Waals surface area contributed by atoms with Crippen molar-refractivity contribution in [1.29, 1.82) is 0 Å². The molecule has 0 saturated heterocycles. The second-order valence-electron chi connectivity index (χ2n) is 2.40. The van der Waals surface area contributed by atoms with E-state index in [2.05, 4.69) is 11.6 Å². The average molecular weight is 184 g/mol. The highest BCUT2D eigenvalue weighted by Crippen LogP contribution is 2.22. The standard InChI is InChI=1S/C9H10ClNO/c1-3-4-12-8-5-7(2)6-11-9(8)10/h3,5-6H,1,4H2,2H3. The van der Waals surface area contributed by atoms with Crippen molar-refractivity contribution < 1.29 is 4.74 Å². The van der Waals surface area contributed by atoms with Crippen LogP contribution < -0.4 is 4.74 Å². The van der Waals surface area contributed by atoms with E-state index in [0.29, 0.717) is 17.5 Å². The Balaban J connectivity index is 2.82. The van der Waals surface area contributed by atoms with Crippen LogP contribution in [0.25, 0.3) is 0 Å². The lowest BCUT2D eigenvalue weighted by atomic mass is 10.3. The van der Waals surface area contributed by atoms with Gasteiger partial charge in [0.1, 0.15) is 6.61 Å². The van der Waals surface area contributed by atoms with Crippen LogP contribution >= 0.6 is 11.6 Å². The third-order valence-corrected chi connectivity index (χ3v) is 1.58. The molecular formula is C9H10ClNO. The molecule has 0 unspecified atom stereocenters. The molecule has 0 radical (unpaired) electrons. The molecule has 1 rings (SSSR count). The molecule has 0 spiro atoms. The summed E-state index contributed by atoms with van der Waals surface area (Å²) in [6, 6.07) is 1.85. The summed E-state index contributed by atoms with van der Waals surface area (Å²) in [6.45, 7) is 5.92.